The molecule has 0 aliphatic rings. The average molecular weight is 276 g/mol. The van der Waals surface area contributed by atoms with Crippen LogP contribution < -0.4 is 0 Å². The number of fused-ring (bicyclic) bond motifs is 1. The summed E-state index contributed by atoms with van der Waals surface area (Å²) in [5, 5.41) is 1.41. The number of para-hydroxylation sites is 1. The molecular weight excluding hydrogens is 254 g/mol. The Kier molecular flexibility index (Phi) is 5.65. The van der Waals surface area contributed by atoms with Crippen molar-refractivity contribution in [2.75, 3.05) is 0 Å². The highest BCUT2D eigenvalue weighted by Crippen LogP contribution is 2.17. The summed E-state index contributed by atoms with van der Waals surface area (Å²) in [5.74, 6) is 0. The van der Waals surface area contributed by atoms with Crippen LogP contribution in [0.25, 0.3) is 10.9 Å². The van der Waals surface area contributed by atoms with Gasteiger partial charge in [0.2, 0.25) is 0 Å². The van der Waals surface area contributed by atoms with Crippen LogP contribution in [-0.4, -0.2) is 10.4 Å². The maximum atomic E-state index is 6.41. The van der Waals surface area contributed by atoms with Crippen LogP contribution in [0.4, 0.5) is 0 Å². The van der Waals surface area contributed by atoms with E-state index in [-0.39, 0.29) is 5.38 Å². The van der Waals surface area contributed by atoms with Crippen LogP contribution in [0.3, 0.4) is 0 Å². The van der Waals surface area contributed by atoms with Crippen LogP contribution in [0.5, 0.6) is 0 Å². The van der Waals surface area contributed by atoms with Gasteiger partial charge in [0.1, 0.15) is 0 Å². The van der Waals surface area contributed by atoms with Crippen LogP contribution in [0.2, 0.25) is 0 Å². The van der Waals surface area contributed by atoms with E-state index in [0.29, 0.717) is 0 Å². The van der Waals surface area contributed by atoms with E-state index < -0.39 is 0 Å². The summed E-state index contributed by atoms with van der Waals surface area (Å²) in [7, 11) is 0. The minimum absolute atomic E-state index is 0.213. The summed E-state index contributed by atoms with van der Waals surface area (Å²) in [6, 6.07) is 12.5. The highest BCUT2D eigenvalue weighted by molar-refractivity contribution is 6.20. The van der Waals surface area contributed by atoms with Gasteiger partial charge in [-0.15, -0.1) is 11.6 Å². The molecule has 0 fully saturated rings. The molecule has 1 unspecified atom stereocenters. The van der Waals surface area contributed by atoms with Crippen LogP contribution >= 0.6 is 11.6 Å². The van der Waals surface area contributed by atoms with Gasteiger partial charge in [0.25, 0.3) is 0 Å². The monoisotopic (exact) mass is 275 g/mol. The molecule has 102 valence electrons. The maximum Gasteiger partial charge on any atom is 0.0705 e. The van der Waals surface area contributed by atoms with Gasteiger partial charge in [-0.2, -0.15) is 0 Å². The number of hydrogen-bond donors (Lipinski definition) is 0. The lowest BCUT2D eigenvalue weighted by Gasteiger charge is -2.09. The van der Waals surface area contributed by atoms with Crippen molar-refractivity contribution in [3.8, 4) is 0 Å². The van der Waals surface area contributed by atoms with E-state index in [4.69, 9.17) is 11.6 Å². The highest BCUT2D eigenvalue weighted by atomic mass is 35.5. The number of aromatic nitrogens is 1. The first kappa shape index (κ1) is 14.3. The van der Waals surface area contributed by atoms with Gasteiger partial charge < -0.3 is 0 Å². The maximum absolute atomic E-state index is 6.41. The Morgan fingerprint density at radius 2 is 1.89 bits per heavy atom. The van der Waals surface area contributed by atoms with Crippen molar-refractivity contribution in [1.29, 1.82) is 0 Å². The summed E-state index contributed by atoms with van der Waals surface area (Å²) >= 11 is 6.41. The Balaban J connectivity index is 1.89. The number of benzene rings is 1. The first-order valence-electron chi connectivity index (χ1n) is 7.28. The third kappa shape index (κ3) is 4.50. The second-order valence-electron chi connectivity index (χ2n) is 5.15. The molecule has 0 aliphatic heterocycles. The number of rotatable bonds is 7. The Hall–Kier alpha value is -1.08. The molecule has 1 nitrogen and oxygen atoms in total. The number of nitrogens with zero attached hydrogens (tertiary/aromatic N) is 1. The second kappa shape index (κ2) is 7.49. The zero-order chi connectivity index (χ0) is 13.5. The minimum Gasteiger partial charge on any atom is -0.253 e. The number of alkyl halides is 1. The van der Waals surface area contributed by atoms with E-state index in [9.17, 15) is 0 Å². The molecule has 0 saturated carbocycles. The van der Waals surface area contributed by atoms with Crippen molar-refractivity contribution in [1.82, 2.24) is 4.98 Å². The molecule has 1 aromatic carbocycles. The standard InChI is InChI=1S/C17H22ClN/c1-2-3-4-5-9-15(18)13-16-12-11-14-8-6-7-10-17(14)19-16/h6-8,10-12,15H,2-5,9,13H2,1H3. The Bertz CT molecular complexity index is 509. The normalized spacial score (nSPS) is 12.7. The van der Waals surface area contributed by atoms with Crippen molar-refractivity contribution >= 4 is 22.5 Å². The van der Waals surface area contributed by atoms with E-state index in [1.165, 1.54) is 31.1 Å². The van der Waals surface area contributed by atoms with E-state index in [1.807, 2.05) is 12.1 Å². The Morgan fingerprint density at radius 3 is 2.74 bits per heavy atom. The van der Waals surface area contributed by atoms with Crippen molar-refractivity contribution in [2.45, 2.75) is 50.8 Å². The predicted octanol–water partition coefficient (Wildman–Crippen LogP) is 5.36. The summed E-state index contributed by atoms with van der Waals surface area (Å²) in [5.41, 5.74) is 2.17. The molecule has 1 aromatic heterocycles. The lowest BCUT2D eigenvalue weighted by atomic mass is 10.1. The van der Waals surface area contributed by atoms with Crippen molar-refractivity contribution < 1.29 is 0 Å². The lowest BCUT2D eigenvalue weighted by molar-refractivity contribution is 0.609. The zero-order valence-corrected chi connectivity index (χ0v) is 12.4. The van der Waals surface area contributed by atoms with Gasteiger partial charge in [0.15, 0.2) is 0 Å². The molecule has 1 atom stereocenters. The van der Waals surface area contributed by atoms with Gasteiger partial charge in [-0.05, 0) is 18.6 Å². The third-order valence-corrected chi connectivity index (χ3v) is 3.83. The van der Waals surface area contributed by atoms with Crippen LogP contribution in [0.15, 0.2) is 36.4 Å². The second-order valence-corrected chi connectivity index (χ2v) is 5.76. The minimum atomic E-state index is 0.213. The number of hydrogen-bond acceptors (Lipinski definition) is 1. The van der Waals surface area contributed by atoms with Crippen LogP contribution in [0.1, 0.15) is 44.7 Å². The zero-order valence-electron chi connectivity index (χ0n) is 11.6. The molecular formula is C17H22ClN. The van der Waals surface area contributed by atoms with Gasteiger partial charge in [-0.25, -0.2) is 0 Å². The van der Waals surface area contributed by atoms with E-state index in [1.54, 1.807) is 0 Å². The number of halogens is 1. The van der Waals surface area contributed by atoms with Crippen molar-refractivity contribution in [2.24, 2.45) is 0 Å². The molecule has 2 rings (SSSR count). The number of unbranched alkanes of at least 4 members (excludes halogenated alkanes) is 3. The predicted molar refractivity (Wildman–Crippen MR) is 83.8 cm³/mol. The van der Waals surface area contributed by atoms with Gasteiger partial charge in [-0.3, -0.25) is 4.98 Å². The molecule has 0 saturated heterocycles. The van der Waals surface area contributed by atoms with E-state index in [2.05, 4.69) is 36.2 Å². The Morgan fingerprint density at radius 1 is 1.05 bits per heavy atom. The highest BCUT2D eigenvalue weighted by Gasteiger charge is 2.07. The lowest BCUT2D eigenvalue weighted by Crippen LogP contribution is -2.05. The smallest absolute Gasteiger partial charge is 0.0705 e. The molecule has 19 heavy (non-hydrogen) atoms. The van der Waals surface area contributed by atoms with Gasteiger partial charge >= 0.3 is 0 Å². The fraction of sp³-hybridized carbons (Fsp3) is 0.471. The topological polar surface area (TPSA) is 12.9 Å². The summed E-state index contributed by atoms with van der Waals surface area (Å²) in [6.07, 6.45) is 7.09. The van der Waals surface area contributed by atoms with Crippen LogP contribution in [-0.2, 0) is 6.42 Å². The molecule has 0 bridgehead atoms. The molecule has 0 amide bonds. The molecule has 0 aliphatic carbocycles. The Labute approximate surface area is 121 Å². The molecule has 0 N–H and O–H groups in total. The average Bonchev–Trinajstić information content (AvgIpc) is 2.43. The van der Waals surface area contributed by atoms with E-state index in [0.717, 1.165) is 24.1 Å². The molecule has 2 aromatic rings. The van der Waals surface area contributed by atoms with Crippen molar-refractivity contribution in [3.05, 3.63) is 42.1 Å². The summed E-state index contributed by atoms with van der Waals surface area (Å²) < 4.78 is 0. The molecule has 1 heterocycles. The number of pyridine rings is 1. The quantitative estimate of drug-likeness (QED) is 0.490. The van der Waals surface area contributed by atoms with Crippen LogP contribution in [0, 0.1) is 0 Å². The first-order valence-corrected chi connectivity index (χ1v) is 7.72. The third-order valence-electron chi connectivity index (χ3n) is 3.46. The SMILES string of the molecule is CCCCCCC(Cl)Cc1ccc2ccccc2n1. The van der Waals surface area contributed by atoms with Gasteiger partial charge in [0.05, 0.1) is 5.52 Å². The summed E-state index contributed by atoms with van der Waals surface area (Å²) in [6.45, 7) is 2.23. The van der Waals surface area contributed by atoms with Gasteiger partial charge in [-0.1, -0.05) is 56.9 Å². The molecule has 0 radical (unpaired) electrons. The molecule has 0 spiro atoms. The first-order chi connectivity index (χ1) is 9.29. The molecule has 2 heteroatoms. The fourth-order valence-electron chi connectivity index (χ4n) is 2.34. The van der Waals surface area contributed by atoms with E-state index >= 15 is 0 Å². The van der Waals surface area contributed by atoms with Gasteiger partial charge in [0, 0.05) is 22.9 Å². The summed E-state index contributed by atoms with van der Waals surface area (Å²) in [4.78, 5) is 4.68. The van der Waals surface area contributed by atoms with Crippen molar-refractivity contribution in [3.63, 3.8) is 0 Å². The fourth-order valence-corrected chi connectivity index (χ4v) is 2.66. The largest absolute Gasteiger partial charge is 0.253 e.